The van der Waals surface area contributed by atoms with Crippen molar-refractivity contribution in [2.75, 3.05) is 39.3 Å². The number of nitriles is 1. The Labute approximate surface area is 99.2 Å². The SMILES string of the molecule is CCNC(C#N)CN1CCN(C(C)C)CC1. The summed E-state index contributed by atoms with van der Waals surface area (Å²) in [4.78, 5) is 4.88. The van der Waals surface area contributed by atoms with E-state index in [-0.39, 0.29) is 6.04 Å². The maximum atomic E-state index is 8.98. The molecular formula is C12H24N4. The van der Waals surface area contributed by atoms with Crippen molar-refractivity contribution >= 4 is 0 Å². The van der Waals surface area contributed by atoms with Crippen molar-refractivity contribution in [3.63, 3.8) is 0 Å². The van der Waals surface area contributed by atoms with Crippen molar-refractivity contribution < 1.29 is 0 Å². The van der Waals surface area contributed by atoms with Gasteiger partial charge in [-0.3, -0.25) is 9.80 Å². The van der Waals surface area contributed by atoms with Crippen LogP contribution in [0.3, 0.4) is 0 Å². The summed E-state index contributed by atoms with van der Waals surface area (Å²) < 4.78 is 0. The van der Waals surface area contributed by atoms with Gasteiger partial charge in [0.15, 0.2) is 0 Å². The van der Waals surface area contributed by atoms with Crippen LogP contribution < -0.4 is 5.32 Å². The molecule has 1 saturated heterocycles. The molecule has 1 unspecified atom stereocenters. The van der Waals surface area contributed by atoms with Crippen molar-refractivity contribution in [3.8, 4) is 6.07 Å². The molecule has 4 nitrogen and oxygen atoms in total. The molecule has 0 bridgehead atoms. The lowest BCUT2D eigenvalue weighted by atomic mass is 10.2. The van der Waals surface area contributed by atoms with Gasteiger partial charge in [-0.1, -0.05) is 6.92 Å². The molecule has 1 rings (SSSR count). The van der Waals surface area contributed by atoms with Gasteiger partial charge in [-0.2, -0.15) is 5.26 Å². The Balaban J connectivity index is 2.28. The largest absolute Gasteiger partial charge is 0.301 e. The van der Waals surface area contributed by atoms with Crippen LogP contribution in [0.5, 0.6) is 0 Å². The molecule has 0 aromatic rings. The summed E-state index contributed by atoms with van der Waals surface area (Å²) in [6.07, 6.45) is 0. The molecule has 1 fully saturated rings. The molecule has 1 atom stereocenters. The molecule has 1 N–H and O–H groups in total. The number of nitrogens with one attached hydrogen (secondary N) is 1. The highest BCUT2D eigenvalue weighted by molar-refractivity contribution is 4.92. The Morgan fingerprint density at radius 3 is 2.31 bits per heavy atom. The lowest BCUT2D eigenvalue weighted by Crippen LogP contribution is -2.52. The van der Waals surface area contributed by atoms with E-state index in [1.807, 2.05) is 6.92 Å². The number of hydrogen-bond acceptors (Lipinski definition) is 4. The van der Waals surface area contributed by atoms with Gasteiger partial charge in [0.1, 0.15) is 6.04 Å². The molecule has 16 heavy (non-hydrogen) atoms. The fourth-order valence-corrected chi connectivity index (χ4v) is 2.12. The summed E-state index contributed by atoms with van der Waals surface area (Å²) in [5, 5.41) is 12.2. The quantitative estimate of drug-likeness (QED) is 0.739. The Hall–Kier alpha value is -0.630. The molecule has 0 spiro atoms. The van der Waals surface area contributed by atoms with Gasteiger partial charge in [-0.25, -0.2) is 0 Å². The van der Waals surface area contributed by atoms with Crippen LogP contribution >= 0.6 is 0 Å². The lowest BCUT2D eigenvalue weighted by Gasteiger charge is -2.37. The molecule has 0 radical (unpaired) electrons. The number of hydrogen-bond donors (Lipinski definition) is 1. The van der Waals surface area contributed by atoms with E-state index in [9.17, 15) is 0 Å². The number of likely N-dealkylation sites (N-methyl/N-ethyl adjacent to an activating group) is 1. The minimum atomic E-state index is -0.0180. The molecule has 4 heteroatoms. The average Bonchev–Trinajstić information content (AvgIpc) is 2.29. The first kappa shape index (κ1) is 13.4. The van der Waals surface area contributed by atoms with Gasteiger partial charge in [0.2, 0.25) is 0 Å². The Morgan fingerprint density at radius 1 is 1.25 bits per heavy atom. The molecule has 1 aliphatic rings. The highest BCUT2D eigenvalue weighted by atomic mass is 15.3. The summed E-state index contributed by atoms with van der Waals surface area (Å²) in [6.45, 7) is 12.7. The zero-order chi connectivity index (χ0) is 12.0. The average molecular weight is 224 g/mol. The van der Waals surface area contributed by atoms with E-state index in [1.54, 1.807) is 0 Å². The maximum Gasteiger partial charge on any atom is 0.108 e. The third kappa shape index (κ3) is 4.09. The molecule has 0 aromatic carbocycles. The standard InChI is InChI=1S/C12H24N4/c1-4-14-12(9-13)10-15-5-7-16(8-6-15)11(2)3/h11-12,14H,4-8,10H2,1-3H3. The lowest BCUT2D eigenvalue weighted by molar-refractivity contribution is 0.105. The van der Waals surface area contributed by atoms with Crippen LogP contribution in [0.25, 0.3) is 0 Å². The van der Waals surface area contributed by atoms with Gasteiger partial charge >= 0.3 is 0 Å². The van der Waals surface area contributed by atoms with E-state index < -0.39 is 0 Å². The van der Waals surface area contributed by atoms with Gasteiger partial charge in [0, 0.05) is 38.8 Å². The summed E-state index contributed by atoms with van der Waals surface area (Å²) in [5.41, 5.74) is 0. The van der Waals surface area contributed by atoms with E-state index in [2.05, 4.69) is 35.0 Å². The molecule has 0 amide bonds. The minimum Gasteiger partial charge on any atom is -0.301 e. The van der Waals surface area contributed by atoms with Gasteiger partial charge in [-0.15, -0.1) is 0 Å². The zero-order valence-electron chi connectivity index (χ0n) is 10.7. The minimum absolute atomic E-state index is 0.0180. The summed E-state index contributed by atoms with van der Waals surface area (Å²) >= 11 is 0. The van der Waals surface area contributed by atoms with Crippen LogP contribution in [0.1, 0.15) is 20.8 Å². The fraction of sp³-hybridized carbons (Fsp3) is 0.917. The zero-order valence-corrected chi connectivity index (χ0v) is 10.7. The van der Waals surface area contributed by atoms with E-state index in [0.717, 1.165) is 39.3 Å². The normalized spacial score (nSPS) is 20.9. The first-order chi connectivity index (χ1) is 7.67. The van der Waals surface area contributed by atoms with E-state index in [0.29, 0.717) is 6.04 Å². The van der Waals surface area contributed by atoms with Gasteiger partial charge < -0.3 is 5.32 Å². The molecule has 0 aromatic heterocycles. The number of rotatable bonds is 5. The van der Waals surface area contributed by atoms with Crippen LogP contribution in [0.4, 0.5) is 0 Å². The van der Waals surface area contributed by atoms with E-state index in [1.165, 1.54) is 0 Å². The second kappa shape index (κ2) is 6.85. The molecule has 1 aliphatic heterocycles. The van der Waals surface area contributed by atoms with Crippen LogP contribution in [-0.4, -0.2) is 61.2 Å². The van der Waals surface area contributed by atoms with Crippen LogP contribution in [-0.2, 0) is 0 Å². The molecule has 92 valence electrons. The van der Waals surface area contributed by atoms with Gasteiger partial charge in [0.05, 0.1) is 6.07 Å². The first-order valence-corrected chi connectivity index (χ1v) is 6.26. The first-order valence-electron chi connectivity index (χ1n) is 6.26. The Kier molecular flexibility index (Phi) is 5.75. The van der Waals surface area contributed by atoms with E-state index in [4.69, 9.17) is 5.26 Å². The fourth-order valence-electron chi connectivity index (χ4n) is 2.12. The second-order valence-corrected chi connectivity index (χ2v) is 4.67. The molecule has 1 heterocycles. The molecular weight excluding hydrogens is 200 g/mol. The van der Waals surface area contributed by atoms with Gasteiger partial charge in [-0.05, 0) is 20.4 Å². The highest BCUT2D eigenvalue weighted by Gasteiger charge is 2.20. The predicted octanol–water partition coefficient (Wildman–Crippen LogP) is 0.514. The summed E-state index contributed by atoms with van der Waals surface area (Å²) in [7, 11) is 0. The van der Waals surface area contributed by atoms with Crippen LogP contribution in [0.2, 0.25) is 0 Å². The van der Waals surface area contributed by atoms with Crippen LogP contribution in [0, 0.1) is 11.3 Å². The number of nitrogens with zero attached hydrogens (tertiary/aromatic N) is 3. The Bertz CT molecular complexity index is 226. The molecule has 0 aliphatic carbocycles. The van der Waals surface area contributed by atoms with Crippen molar-refractivity contribution in [2.45, 2.75) is 32.9 Å². The predicted molar refractivity (Wildman–Crippen MR) is 66.2 cm³/mol. The highest BCUT2D eigenvalue weighted by Crippen LogP contribution is 2.06. The van der Waals surface area contributed by atoms with Crippen molar-refractivity contribution in [1.29, 1.82) is 5.26 Å². The number of piperazine rings is 1. The summed E-state index contributed by atoms with van der Waals surface area (Å²) in [6, 6.07) is 2.94. The monoisotopic (exact) mass is 224 g/mol. The van der Waals surface area contributed by atoms with Crippen molar-refractivity contribution in [2.24, 2.45) is 0 Å². The Morgan fingerprint density at radius 2 is 1.88 bits per heavy atom. The van der Waals surface area contributed by atoms with Crippen LogP contribution in [0.15, 0.2) is 0 Å². The third-order valence-electron chi connectivity index (χ3n) is 3.18. The van der Waals surface area contributed by atoms with E-state index >= 15 is 0 Å². The topological polar surface area (TPSA) is 42.3 Å². The van der Waals surface area contributed by atoms with Gasteiger partial charge in [0.25, 0.3) is 0 Å². The second-order valence-electron chi connectivity index (χ2n) is 4.67. The van der Waals surface area contributed by atoms with Crippen molar-refractivity contribution in [1.82, 2.24) is 15.1 Å². The maximum absolute atomic E-state index is 8.98. The third-order valence-corrected chi connectivity index (χ3v) is 3.18. The smallest absolute Gasteiger partial charge is 0.108 e. The molecule has 0 saturated carbocycles. The summed E-state index contributed by atoms with van der Waals surface area (Å²) in [5.74, 6) is 0. The van der Waals surface area contributed by atoms with Crippen molar-refractivity contribution in [3.05, 3.63) is 0 Å².